The van der Waals surface area contributed by atoms with Gasteiger partial charge >= 0.3 is 0 Å². The maximum absolute atomic E-state index is 12.6. The topological polar surface area (TPSA) is 52.8 Å². The number of nitrogens with two attached hydrogens (primary N) is 1. The van der Waals surface area contributed by atoms with Crippen LogP contribution >= 0.6 is 37.2 Å². The van der Waals surface area contributed by atoms with E-state index in [1.165, 1.54) is 5.69 Å². The molecule has 1 heterocycles. The van der Waals surface area contributed by atoms with Crippen LogP contribution < -0.4 is 10.6 Å². The Labute approximate surface area is 188 Å². The molecule has 1 saturated carbocycles. The van der Waals surface area contributed by atoms with Crippen molar-refractivity contribution in [3.05, 3.63) is 30.3 Å². The summed E-state index contributed by atoms with van der Waals surface area (Å²) in [5.41, 5.74) is 7.34. The Hall–Kier alpha value is -0.720. The van der Waals surface area contributed by atoms with Gasteiger partial charge in [0.05, 0.1) is 0 Å². The molecule has 1 saturated heterocycles. The minimum absolute atomic E-state index is 0. The molecule has 8 heteroatoms. The SMILES string of the molecule is CN(CCN1CCN(c2ccccc2)CC1)C(=O)C1CCCC(N)C1.Cl.Cl.Cl. The quantitative estimate of drug-likeness (QED) is 0.744. The number of nitrogens with zero attached hydrogens (tertiary/aromatic N) is 3. The number of amides is 1. The molecule has 2 atom stereocenters. The van der Waals surface area contributed by atoms with Crippen LogP contribution in [0.15, 0.2) is 30.3 Å². The zero-order chi connectivity index (χ0) is 17.6. The summed E-state index contributed by atoms with van der Waals surface area (Å²) < 4.78 is 0. The average molecular weight is 454 g/mol. The molecule has 5 nitrogen and oxygen atoms in total. The average Bonchev–Trinajstić information content (AvgIpc) is 2.66. The van der Waals surface area contributed by atoms with Crippen LogP contribution in [0.2, 0.25) is 0 Å². The molecule has 2 unspecified atom stereocenters. The van der Waals surface area contributed by atoms with Crippen LogP contribution in [0.1, 0.15) is 25.7 Å². The van der Waals surface area contributed by atoms with Gasteiger partial charge in [0.15, 0.2) is 0 Å². The molecule has 1 aliphatic heterocycles. The van der Waals surface area contributed by atoms with E-state index >= 15 is 0 Å². The molecule has 2 N–H and O–H groups in total. The van der Waals surface area contributed by atoms with Crippen LogP contribution in [0, 0.1) is 5.92 Å². The summed E-state index contributed by atoms with van der Waals surface area (Å²) in [5.74, 6) is 0.432. The predicted octanol–water partition coefficient (Wildman–Crippen LogP) is 3.05. The van der Waals surface area contributed by atoms with Crippen LogP contribution in [0.5, 0.6) is 0 Å². The number of likely N-dealkylation sites (N-methyl/N-ethyl adjacent to an activating group) is 1. The fourth-order valence-electron chi connectivity index (χ4n) is 4.03. The summed E-state index contributed by atoms with van der Waals surface area (Å²) in [7, 11) is 1.95. The zero-order valence-electron chi connectivity index (χ0n) is 16.7. The highest BCUT2D eigenvalue weighted by Gasteiger charge is 2.27. The number of para-hydroxylation sites is 1. The second-order valence-electron chi connectivity index (χ2n) is 7.55. The number of hydrogen-bond acceptors (Lipinski definition) is 4. The Morgan fingerprint density at radius 2 is 1.71 bits per heavy atom. The lowest BCUT2D eigenvalue weighted by molar-refractivity contribution is -0.135. The summed E-state index contributed by atoms with van der Waals surface area (Å²) in [4.78, 5) is 19.4. The van der Waals surface area contributed by atoms with Crippen molar-refractivity contribution in [3.8, 4) is 0 Å². The second-order valence-corrected chi connectivity index (χ2v) is 7.55. The monoisotopic (exact) mass is 452 g/mol. The predicted molar refractivity (Wildman–Crippen MR) is 124 cm³/mol. The van der Waals surface area contributed by atoms with Crippen LogP contribution in [-0.2, 0) is 4.79 Å². The van der Waals surface area contributed by atoms with Gasteiger partial charge in [0, 0.05) is 64.0 Å². The molecule has 1 amide bonds. The number of benzene rings is 1. The number of hydrogen-bond donors (Lipinski definition) is 1. The van der Waals surface area contributed by atoms with Crippen molar-refractivity contribution in [2.24, 2.45) is 11.7 Å². The first-order valence-corrected chi connectivity index (χ1v) is 9.66. The smallest absolute Gasteiger partial charge is 0.225 e. The first-order chi connectivity index (χ1) is 12.1. The highest BCUT2D eigenvalue weighted by atomic mass is 35.5. The van der Waals surface area contributed by atoms with Gasteiger partial charge in [0.25, 0.3) is 0 Å². The summed E-state index contributed by atoms with van der Waals surface area (Å²) in [6, 6.07) is 10.8. The van der Waals surface area contributed by atoms with Gasteiger partial charge < -0.3 is 15.5 Å². The van der Waals surface area contributed by atoms with Crippen LogP contribution in [0.4, 0.5) is 5.69 Å². The van der Waals surface area contributed by atoms with E-state index in [2.05, 4.69) is 40.1 Å². The largest absolute Gasteiger partial charge is 0.369 e. The van der Waals surface area contributed by atoms with Crippen molar-refractivity contribution in [1.29, 1.82) is 0 Å². The fourth-order valence-corrected chi connectivity index (χ4v) is 4.03. The van der Waals surface area contributed by atoms with E-state index in [1.807, 2.05) is 11.9 Å². The molecule has 2 fully saturated rings. The van der Waals surface area contributed by atoms with Crippen molar-refractivity contribution in [3.63, 3.8) is 0 Å². The third-order valence-electron chi connectivity index (χ3n) is 5.69. The molecule has 0 aromatic heterocycles. The third-order valence-corrected chi connectivity index (χ3v) is 5.69. The molecule has 28 heavy (non-hydrogen) atoms. The minimum Gasteiger partial charge on any atom is -0.369 e. The maximum atomic E-state index is 12.6. The highest BCUT2D eigenvalue weighted by molar-refractivity contribution is 5.86. The van der Waals surface area contributed by atoms with Crippen molar-refractivity contribution < 1.29 is 4.79 Å². The highest BCUT2D eigenvalue weighted by Crippen LogP contribution is 2.24. The summed E-state index contributed by atoms with van der Waals surface area (Å²) in [5, 5.41) is 0. The lowest BCUT2D eigenvalue weighted by Gasteiger charge is -2.37. The summed E-state index contributed by atoms with van der Waals surface area (Å²) in [6.45, 7) is 6.01. The molecular formula is C20H35Cl3N4O. The number of rotatable bonds is 5. The van der Waals surface area contributed by atoms with Gasteiger partial charge in [0.2, 0.25) is 5.91 Å². The van der Waals surface area contributed by atoms with E-state index in [-0.39, 0.29) is 55.1 Å². The van der Waals surface area contributed by atoms with Crippen molar-refractivity contribution in [2.45, 2.75) is 31.7 Å². The lowest BCUT2D eigenvalue weighted by Crippen LogP contribution is -2.49. The van der Waals surface area contributed by atoms with Crippen molar-refractivity contribution in [2.75, 3.05) is 51.2 Å². The Balaban J connectivity index is 0.00000243. The van der Waals surface area contributed by atoms with Crippen LogP contribution in [0.3, 0.4) is 0 Å². The summed E-state index contributed by atoms with van der Waals surface area (Å²) >= 11 is 0. The fraction of sp³-hybridized carbons (Fsp3) is 0.650. The molecule has 2 aliphatic rings. The molecule has 0 radical (unpaired) electrons. The van der Waals surface area contributed by atoms with E-state index in [1.54, 1.807) is 0 Å². The molecule has 0 spiro atoms. The maximum Gasteiger partial charge on any atom is 0.225 e. The van der Waals surface area contributed by atoms with E-state index in [0.29, 0.717) is 0 Å². The summed E-state index contributed by atoms with van der Waals surface area (Å²) in [6.07, 6.45) is 4.03. The Morgan fingerprint density at radius 3 is 2.32 bits per heavy atom. The number of carbonyl (C=O) groups excluding carboxylic acids is 1. The molecule has 3 rings (SSSR count). The molecular weight excluding hydrogens is 419 g/mol. The number of halogens is 3. The third kappa shape index (κ3) is 7.60. The number of piperazine rings is 1. The minimum atomic E-state index is 0. The van der Waals surface area contributed by atoms with E-state index in [0.717, 1.165) is 65.0 Å². The number of carbonyl (C=O) groups is 1. The molecule has 1 aromatic carbocycles. The first-order valence-electron chi connectivity index (χ1n) is 9.66. The molecule has 162 valence electrons. The van der Waals surface area contributed by atoms with Crippen molar-refractivity contribution >= 4 is 48.8 Å². The van der Waals surface area contributed by atoms with Gasteiger partial charge in [-0.1, -0.05) is 24.6 Å². The van der Waals surface area contributed by atoms with Crippen LogP contribution in [0.25, 0.3) is 0 Å². The van der Waals surface area contributed by atoms with E-state index in [9.17, 15) is 4.79 Å². The first kappa shape index (κ1) is 27.3. The Bertz CT molecular complexity index is 556. The second kappa shape index (κ2) is 13.5. The van der Waals surface area contributed by atoms with E-state index < -0.39 is 0 Å². The molecule has 1 aromatic rings. The normalized spacial score (nSPS) is 22.3. The van der Waals surface area contributed by atoms with E-state index in [4.69, 9.17) is 5.73 Å². The van der Waals surface area contributed by atoms with Gasteiger partial charge in [-0.25, -0.2) is 0 Å². The lowest BCUT2D eigenvalue weighted by atomic mass is 9.85. The van der Waals surface area contributed by atoms with Gasteiger partial charge in [0.1, 0.15) is 0 Å². The van der Waals surface area contributed by atoms with Gasteiger partial charge in [-0.15, -0.1) is 37.2 Å². The molecule has 1 aliphatic carbocycles. The van der Waals surface area contributed by atoms with Crippen LogP contribution in [-0.4, -0.2) is 68.1 Å². The molecule has 0 bridgehead atoms. The Morgan fingerprint density at radius 1 is 1.07 bits per heavy atom. The number of anilines is 1. The zero-order valence-corrected chi connectivity index (χ0v) is 19.1. The Kier molecular flexibility index (Phi) is 13.1. The van der Waals surface area contributed by atoms with Gasteiger partial charge in [-0.05, 0) is 31.4 Å². The van der Waals surface area contributed by atoms with Crippen molar-refractivity contribution in [1.82, 2.24) is 9.80 Å². The standard InChI is InChI=1S/C20H32N4O.3ClH/c1-22(20(25)17-6-5-7-18(21)16-17)10-11-23-12-14-24(15-13-23)19-8-3-2-4-9-19;;;/h2-4,8-9,17-18H,5-7,10-16,21H2,1H3;3*1H. The van der Waals surface area contributed by atoms with Gasteiger partial charge in [-0.3, -0.25) is 9.69 Å². The van der Waals surface area contributed by atoms with Gasteiger partial charge in [-0.2, -0.15) is 0 Å².